The monoisotopic (exact) mass is 322 g/mol. The van der Waals surface area contributed by atoms with E-state index in [4.69, 9.17) is 4.42 Å². The van der Waals surface area contributed by atoms with Gasteiger partial charge in [0.15, 0.2) is 9.84 Å². The van der Waals surface area contributed by atoms with Crippen molar-refractivity contribution in [1.29, 1.82) is 0 Å². The van der Waals surface area contributed by atoms with Gasteiger partial charge in [-0.05, 0) is 37.4 Å². The lowest BCUT2D eigenvalue weighted by Gasteiger charge is -2.15. The van der Waals surface area contributed by atoms with Crippen LogP contribution in [-0.2, 0) is 21.2 Å². The zero-order valence-corrected chi connectivity index (χ0v) is 13.3. The van der Waals surface area contributed by atoms with Crippen molar-refractivity contribution >= 4 is 21.4 Å². The number of anilines is 1. The molecular formula is C15H18N2O4S. The quantitative estimate of drug-likeness (QED) is 0.876. The molecule has 1 aromatic heterocycles. The van der Waals surface area contributed by atoms with Gasteiger partial charge in [-0.15, -0.1) is 0 Å². The molecule has 2 aromatic rings. The summed E-state index contributed by atoms with van der Waals surface area (Å²) in [4.78, 5) is 14.0. The van der Waals surface area contributed by atoms with Crippen molar-refractivity contribution in [3.63, 3.8) is 0 Å². The molecule has 2 rings (SSSR count). The Bertz CT molecular complexity index is 739. The Balaban J connectivity index is 1.94. The SMILES string of the molecule is CN(CC(=O)Nc1cccc(S(C)(=O)=O)c1)Cc1ccco1. The van der Waals surface area contributed by atoms with Crippen LogP contribution in [0.2, 0.25) is 0 Å². The van der Waals surface area contributed by atoms with Gasteiger partial charge in [-0.1, -0.05) is 6.07 Å². The summed E-state index contributed by atoms with van der Waals surface area (Å²) < 4.78 is 28.2. The van der Waals surface area contributed by atoms with E-state index in [9.17, 15) is 13.2 Å². The highest BCUT2D eigenvalue weighted by molar-refractivity contribution is 7.90. The van der Waals surface area contributed by atoms with E-state index in [1.54, 1.807) is 36.4 Å². The Kier molecular flexibility index (Phi) is 4.99. The van der Waals surface area contributed by atoms with Crippen molar-refractivity contribution in [3.8, 4) is 0 Å². The van der Waals surface area contributed by atoms with Gasteiger partial charge in [0.2, 0.25) is 5.91 Å². The highest BCUT2D eigenvalue weighted by atomic mass is 32.2. The van der Waals surface area contributed by atoms with Crippen LogP contribution in [0.5, 0.6) is 0 Å². The summed E-state index contributed by atoms with van der Waals surface area (Å²) in [6.07, 6.45) is 2.71. The second kappa shape index (κ2) is 6.76. The normalized spacial score (nSPS) is 11.6. The van der Waals surface area contributed by atoms with Gasteiger partial charge in [-0.2, -0.15) is 0 Å². The van der Waals surface area contributed by atoms with Gasteiger partial charge in [-0.3, -0.25) is 9.69 Å². The van der Waals surface area contributed by atoms with Gasteiger partial charge in [0.1, 0.15) is 5.76 Å². The molecule has 6 nitrogen and oxygen atoms in total. The number of hydrogen-bond acceptors (Lipinski definition) is 5. The lowest BCUT2D eigenvalue weighted by molar-refractivity contribution is -0.117. The van der Waals surface area contributed by atoms with Gasteiger partial charge in [0, 0.05) is 11.9 Å². The maximum Gasteiger partial charge on any atom is 0.238 e. The first-order valence-electron chi connectivity index (χ1n) is 6.65. The van der Waals surface area contributed by atoms with Crippen LogP contribution in [0, 0.1) is 0 Å². The van der Waals surface area contributed by atoms with Crippen molar-refractivity contribution in [1.82, 2.24) is 4.90 Å². The fourth-order valence-electron chi connectivity index (χ4n) is 1.97. The van der Waals surface area contributed by atoms with Crippen LogP contribution in [0.3, 0.4) is 0 Å². The smallest absolute Gasteiger partial charge is 0.238 e. The zero-order valence-electron chi connectivity index (χ0n) is 12.4. The fourth-order valence-corrected chi connectivity index (χ4v) is 2.64. The highest BCUT2D eigenvalue weighted by Crippen LogP contribution is 2.15. The first kappa shape index (κ1) is 16.3. The Morgan fingerprint density at radius 3 is 2.68 bits per heavy atom. The minimum absolute atomic E-state index is 0.170. The molecular weight excluding hydrogens is 304 g/mol. The lowest BCUT2D eigenvalue weighted by Crippen LogP contribution is -2.29. The molecule has 0 bridgehead atoms. The molecule has 0 aliphatic carbocycles. The first-order chi connectivity index (χ1) is 10.3. The second-order valence-corrected chi connectivity index (χ2v) is 7.12. The van der Waals surface area contributed by atoms with Gasteiger partial charge in [-0.25, -0.2) is 8.42 Å². The van der Waals surface area contributed by atoms with Crippen LogP contribution in [-0.4, -0.2) is 39.1 Å². The fraction of sp³-hybridized carbons (Fsp3) is 0.267. The van der Waals surface area contributed by atoms with Gasteiger partial charge in [0.05, 0.1) is 24.2 Å². The molecule has 0 saturated heterocycles. The average Bonchev–Trinajstić information content (AvgIpc) is 2.90. The Labute approximate surface area is 129 Å². The highest BCUT2D eigenvalue weighted by Gasteiger charge is 2.11. The molecule has 22 heavy (non-hydrogen) atoms. The van der Waals surface area contributed by atoms with Gasteiger partial charge in [0.25, 0.3) is 0 Å². The topological polar surface area (TPSA) is 79.6 Å². The molecule has 0 spiro atoms. The van der Waals surface area contributed by atoms with Gasteiger partial charge >= 0.3 is 0 Å². The summed E-state index contributed by atoms with van der Waals surface area (Å²) in [5, 5.41) is 2.69. The summed E-state index contributed by atoms with van der Waals surface area (Å²) in [7, 11) is -1.49. The molecule has 1 aromatic carbocycles. The summed E-state index contributed by atoms with van der Waals surface area (Å²) in [6, 6.07) is 9.81. The van der Waals surface area contributed by atoms with E-state index in [-0.39, 0.29) is 17.3 Å². The average molecular weight is 322 g/mol. The Morgan fingerprint density at radius 1 is 1.27 bits per heavy atom. The number of furan rings is 1. The third kappa shape index (κ3) is 4.71. The molecule has 0 unspecified atom stereocenters. The molecule has 0 atom stereocenters. The number of benzene rings is 1. The number of nitrogens with zero attached hydrogens (tertiary/aromatic N) is 1. The van der Waals surface area contributed by atoms with Gasteiger partial charge < -0.3 is 9.73 Å². The predicted molar refractivity (Wildman–Crippen MR) is 83.2 cm³/mol. The van der Waals surface area contributed by atoms with E-state index < -0.39 is 9.84 Å². The molecule has 0 saturated carbocycles. The first-order valence-corrected chi connectivity index (χ1v) is 8.54. The molecule has 118 valence electrons. The largest absolute Gasteiger partial charge is 0.468 e. The van der Waals surface area contributed by atoms with E-state index in [1.165, 1.54) is 12.1 Å². The van der Waals surface area contributed by atoms with Crippen LogP contribution < -0.4 is 5.32 Å². The van der Waals surface area contributed by atoms with Crippen molar-refractivity contribution in [2.24, 2.45) is 0 Å². The van der Waals surface area contributed by atoms with E-state index >= 15 is 0 Å². The summed E-state index contributed by atoms with van der Waals surface area (Å²) in [6.45, 7) is 0.688. The molecule has 0 aliphatic heterocycles. The number of nitrogens with one attached hydrogen (secondary N) is 1. The van der Waals surface area contributed by atoms with Crippen LogP contribution in [0.4, 0.5) is 5.69 Å². The molecule has 1 amide bonds. The number of sulfone groups is 1. The molecule has 1 N–H and O–H groups in total. The number of likely N-dealkylation sites (N-methyl/N-ethyl adjacent to an activating group) is 1. The maximum atomic E-state index is 12.0. The van der Waals surface area contributed by atoms with E-state index in [1.807, 2.05) is 6.07 Å². The molecule has 0 aliphatic rings. The zero-order chi connectivity index (χ0) is 16.2. The van der Waals surface area contributed by atoms with Crippen LogP contribution in [0.25, 0.3) is 0 Å². The van der Waals surface area contributed by atoms with Crippen molar-refractivity contribution < 1.29 is 17.6 Å². The minimum Gasteiger partial charge on any atom is -0.468 e. The second-order valence-electron chi connectivity index (χ2n) is 5.10. The predicted octanol–water partition coefficient (Wildman–Crippen LogP) is 1.75. The van der Waals surface area contributed by atoms with E-state index in [0.29, 0.717) is 12.2 Å². The number of carbonyl (C=O) groups excluding carboxylic acids is 1. The Hall–Kier alpha value is -2.12. The summed E-state index contributed by atoms with van der Waals surface area (Å²) in [5.41, 5.74) is 0.458. The number of rotatable bonds is 6. The van der Waals surface area contributed by atoms with E-state index in [2.05, 4.69) is 5.32 Å². The molecule has 7 heteroatoms. The summed E-state index contributed by atoms with van der Waals surface area (Å²) in [5.74, 6) is 0.550. The maximum absolute atomic E-state index is 12.0. The molecule has 1 heterocycles. The third-order valence-corrected chi connectivity index (χ3v) is 4.08. The summed E-state index contributed by atoms with van der Waals surface area (Å²) >= 11 is 0. The third-order valence-electron chi connectivity index (χ3n) is 2.97. The number of amides is 1. The number of carbonyl (C=O) groups is 1. The lowest BCUT2D eigenvalue weighted by atomic mass is 10.3. The van der Waals surface area contributed by atoms with Crippen LogP contribution >= 0.6 is 0 Å². The molecule has 0 radical (unpaired) electrons. The molecule has 0 fully saturated rings. The van der Waals surface area contributed by atoms with Crippen LogP contribution in [0.15, 0.2) is 52.0 Å². The van der Waals surface area contributed by atoms with E-state index in [0.717, 1.165) is 12.0 Å². The van der Waals surface area contributed by atoms with Crippen LogP contribution in [0.1, 0.15) is 5.76 Å². The number of hydrogen-bond donors (Lipinski definition) is 1. The Morgan fingerprint density at radius 2 is 2.05 bits per heavy atom. The van der Waals surface area contributed by atoms with Crippen molar-refractivity contribution in [2.75, 3.05) is 25.2 Å². The minimum atomic E-state index is -3.29. The van der Waals surface area contributed by atoms with Crippen molar-refractivity contribution in [2.45, 2.75) is 11.4 Å². The van der Waals surface area contributed by atoms with Crippen molar-refractivity contribution in [3.05, 3.63) is 48.4 Å². The standard InChI is InChI=1S/C15H18N2O4S/c1-17(10-13-6-4-8-21-13)11-15(18)16-12-5-3-7-14(9-12)22(2,19)20/h3-9H,10-11H2,1-2H3,(H,16,18).